The molecule has 0 unspecified atom stereocenters. The van der Waals surface area contributed by atoms with Gasteiger partial charge in [-0.3, -0.25) is 4.79 Å². The lowest BCUT2D eigenvalue weighted by Crippen LogP contribution is -2.28. The molecule has 4 nitrogen and oxygen atoms in total. The molecule has 25 heavy (non-hydrogen) atoms. The number of benzene rings is 2. The quantitative estimate of drug-likeness (QED) is 0.749. The standard InChI is InChI=1S/C18H16F3N3O/c1-11(17-23-14-7-2-3-8-15(14)24-17)22-16(25)10-12-5-4-6-13(9-12)18(19,20)21/h2-9,11H,10H2,1H3,(H,22,25)(H,23,24)/t11-/m0/s1. The minimum absolute atomic E-state index is 0.130. The third kappa shape index (κ3) is 3.99. The largest absolute Gasteiger partial charge is 0.416 e. The van der Waals surface area contributed by atoms with Crippen LogP contribution in [0.15, 0.2) is 48.5 Å². The number of imidazole rings is 1. The number of para-hydroxylation sites is 2. The third-order valence-electron chi connectivity index (χ3n) is 3.81. The second kappa shape index (κ2) is 6.58. The van der Waals surface area contributed by atoms with E-state index in [9.17, 15) is 18.0 Å². The van der Waals surface area contributed by atoms with Crippen molar-refractivity contribution in [3.05, 3.63) is 65.5 Å². The van der Waals surface area contributed by atoms with Gasteiger partial charge in [0.05, 0.1) is 29.1 Å². The highest BCUT2D eigenvalue weighted by atomic mass is 19.4. The number of H-pyrrole nitrogens is 1. The van der Waals surface area contributed by atoms with Crippen LogP contribution in [-0.2, 0) is 17.4 Å². The number of nitrogens with one attached hydrogen (secondary N) is 2. The van der Waals surface area contributed by atoms with Crippen LogP contribution in [0.5, 0.6) is 0 Å². The Morgan fingerprint density at radius 1 is 1.20 bits per heavy atom. The van der Waals surface area contributed by atoms with Gasteiger partial charge in [-0.15, -0.1) is 0 Å². The summed E-state index contributed by atoms with van der Waals surface area (Å²) < 4.78 is 38.2. The molecule has 130 valence electrons. The first-order valence-electron chi connectivity index (χ1n) is 7.73. The highest BCUT2D eigenvalue weighted by Crippen LogP contribution is 2.29. The van der Waals surface area contributed by atoms with Crippen molar-refractivity contribution in [2.24, 2.45) is 0 Å². The summed E-state index contributed by atoms with van der Waals surface area (Å²) >= 11 is 0. The molecule has 0 radical (unpaired) electrons. The molecule has 3 aromatic rings. The van der Waals surface area contributed by atoms with E-state index in [1.54, 1.807) is 6.92 Å². The minimum atomic E-state index is -4.42. The van der Waals surface area contributed by atoms with Crippen LogP contribution in [0.1, 0.15) is 29.9 Å². The molecule has 2 N–H and O–H groups in total. The number of aromatic nitrogens is 2. The summed E-state index contributed by atoms with van der Waals surface area (Å²) in [7, 11) is 0. The maximum absolute atomic E-state index is 12.7. The van der Waals surface area contributed by atoms with Gasteiger partial charge in [-0.1, -0.05) is 30.3 Å². The van der Waals surface area contributed by atoms with Crippen molar-refractivity contribution < 1.29 is 18.0 Å². The molecular formula is C18H16F3N3O. The van der Waals surface area contributed by atoms with E-state index in [0.717, 1.165) is 23.2 Å². The van der Waals surface area contributed by atoms with Crippen molar-refractivity contribution in [3.63, 3.8) is 0 Å². The predicted molar refractivity (Wildman–Crippen MR) is 87.8 cm³/mol. The van der Waals surface area contributed by atoms with Crippen LogP contribution in [0.4, 0.5) is 13.2 Å². The summed E-state index contributed by atoms with van der Waals surface area (Å²) in [6.07, 6.45) is -4.55. The lowest BCUT2D eigenvalue weighted by molar-refractivity contribution is -0.137. The fourth-order valence-electron chi connectivity index (χ4n) is 2.58. The van der Waals surface area contributed by atoms with Crippen molar-refractivity contribution in [2.75, 3.05) is 0 Å². The molecule has 0 aliphatic rings. The Bertz CT molecular complexity index is 869. The van der Waals surface area contributed by atoms with E-state index >= 15 is 0 Å². The average Bonchev–Trinajstić information content (AvgIpc) is 2.98. The summed E-state index contributed by atoms with van der Waals surface area (Å²) in [4.78, 5) is 19.7. The Morgan fingerprint density at radius 3 is 2.68 bits per heavy atom. The van der Waals surface area contributed by atoms with Crippen LogP contribution in [0.25, 0.3) is 11.0 Å². The Balaban J connectivity index is 1.68. The summed E-state index contributed by atoms with van der Waals surface area (Å²) in [5, 5.41) is 2.75. The van der Waals surface area contributed by atoms with Crippen molar-refractivity contribution in [3.8, 4) is 0 Å². The van der Waals surface area contributed by atoms with Gasteiger partial charge >= 0.3 is 6.18 Å². The summed E-state index contributed by atoms with van der Waals surface area (Å²) in [6, 6.07) is 11.9. The molecule has 0 spiro atoms. The molecule has 1 amide bonds. The zero-order valence-corrected chi connectivity index (χ0v) is 13.4. The number of hydrogen-bond acceptors (Lipinski definition) is 2. The third-order valence-corrected chi connectivity index (χ3v) is 3.81. The summed E-state index contributed by atoms with van der Waals surface area (Å²) in [5.74, 6) is 0.228. The van der Waals surface area contributed by atoms with E-state index in [-0.39, 0.29) is 18.4 Å². The minimum Gasteiger partial charge on any atom is -0.346 e. The highest BCUT2D eigenvalue weighted by molar-refractivity contribution is 5.79. The zero-order valence-electron chi connectivity index (χ0n) is 13.4. The van der Waals surface area contributed by atoms with Crippen LogP contribution in [0.3, 0.4) is 0 Å². The molecule has 1 heterocycles. The van der Waals surface area contributed by atoms with Gasteiger partial charge < -0.3 is 10.3 Å². The second-order valence-electron chi connectivity index (χ2n) is 5.80. The molecule has 3 rings (SSSR count). The first-order chi connectivity index (χ1) is 11.8. The van der Waals surface area contributed by atoms with Crippen molar-refractivity contribution in [1.29, 1.82) is 0 Å². The van der Waals surface area contributed by atoms with Crippen molar-refractivity contribution in [2.45, 2.75) is 25.6 Å². The number of amides is 1. The lowest BCUT2D eigenvalue weighted by atomic mass is 10.1. The molecule has 0 fully saturated rings. The molecule has 0 aliphatic carbocycles. The predicted octanol–water partition coefficient (Wildman–Crippen LogP) is 4.00. The molecule has 1 atom stereocenters. The van der Waals surface area contributed by atoms with Gasteiger partial charge in [-0.2, -0.15) is 13.2 Å². The zero-order chi connectivity index (χ0) is 18.0. The van der Waals surface area contributed by atoms with E-state index in [1.807, 2.05) is 24.3 Å². The molecule has 0 bridgehead atoms. The van der Waals surface area contributed by atoms with E-state index in [1.165, 1.54) is 12.1 Å². The van der Waals surface area contributed by atoms with Gasteiger partial charge in [-0.25, -0.2) is 4.98 Å². The summed E-state index contributed by atoms with van der Waals surface area (Å²) in [6.45, 7) is 1.77. The first kappa shape index (κ1) is 17.0. The molecule has 0 aliphatic heterocycles. The lowest BCUT2D eigenvalue weighted by Gasteiger charge is -2.12. The molecule has 1 aromatic heterocycles. The fourth-order valence-corrected chi connectivity index (χ4v) is 2.58. The van der Waals surface area contributed by atoms with Crippen molar-refractivity contribution in [1.82, 2.24) is 15.3 Å². The van der Waals surface area contributed by atoms with Crippen LogP contribution in [0, 0.1) is 0 Å². The van der Waals surface area contributed by atoms with Gasteiger partial charge in [0.15, 0.2) is 0 Å². The number of carbonyl (C=O) groups excluding carboxylic acids is 1. The number of carbonyl (C=O) groups is 1. The number of halogens is 3. The maximum Gasteiger partial charge on any atom is 0.416 e. The van der Waals surface area contributed by atoms with Crippen molar-refractivity contribution >= 4 is 16.9 Å². The number of aromatic amines is 1. The first-order valence-corrected chi connectivity index (χ1v) is 7.73. The normalized spacial score (nSPS) is 13.0. The van der Waals surface area contributed by atoms with Gasteiger partial charge in [0.25, 0.3) is 0 Å². The number of hydrogen-bond donors (Lipinski definition) is 2. The van der Waals surface area contributed by atoms with Gasteiger partial charge in [0.1, 0.15) is 5.82 Å². The monoisotopic (exact) mass is 347 g/mol. The topological polar surface area (TPSA) is 57.8 Å². The van der Waals surface area contributed by atoms with Gasteiger partial charge in [-0.05, 0) is 30.7 Å². The Morgan fingerprint density at radius 2 is 1.96 bits per heavy atom. The van der Waals surface area contributed by atoms with E-state index in [2.05, 4.69) is 15.3 Å². The Hall–Kier alpha value is -2.83. The number of rotatable bonds is 4. The van der Waals surface area contributed by atoms with E-state index < -0.39 is 11.7 Å². The Labute approximate surface area is 142 Å². The van der Waals surface area contributed by atoms with Crippen LogP contribution in [0.2, 0.25) is 0 Å². The molecule has 2 aromatic carbocycles. The smallest absolute Gasteiger partial charge is 0.346 e. The van der Waals surface area contributed by atoms with Crippen LogP contribution >= 0.6 is 0 Å². The fraction of sp³-hybridized carbons (Fsp3) is 0.222. The SMILES string of the molecule is C[C@H](NC(=O)Cc1cccc(C(F)(F)F)c1)c1nc2ccccc2[nH]1. The molecule has 0 saturated heterocycles. The average molecular weight is 347 g/mol. The Kier molecular flexibility index (Phi) is 4.48. The molecule has 7 heteroatoms. The number of alkyl halides is 3. The second-order valence-corrected chi connectivity index (χ2v) is 5.80. The van der Waals surface area contributed by atoms with Crippen LogP contribution in [-0.4, -0.2) is 15.9 Å². The maximum atomic E-state index is 12.7. The van der Waals surface area contributed by atoms with Crippen LogP contribution < -0.4 is 5.32 Å². The number of nitrogens with zero attached hydrogens (tertiary/aromatic N) is 1. The number of fused-ring (bicyclic) bond motifs is 1. The van der Waals surface area contributed by atoms with E-state index in [4.69, 9.17) is 0 Å². The highest BCUT2D eigenvalue weighted by Gasteiger charge is 2.30. The van der Waals surface area contributed by atoms with E-state index in [0.29, 0.717) is 11.4 Å². The van der Waals surface area contributed by atoms with Gasteiger partial charge in [0, 0.05) is 0 Å². The molecule has 0 saturated carbocycles. The molecular weight excluding hydrogens is 331 g/mol. The summed E-state index contributed by atoms with van der Waals surface area (Å²) in [5.41, 5.74) is 1.19. The van der Waals surface area contributed by atoms with Gasteiger partial charge in [0.2, 0.25) is 5.91 Å².